The Balaban J connectivity index is 1.49. The van der Waals surface area contributed by atoms with Crippen LogP contribution in [0.1, 0.15) is 24.7 Å². The van der Waals surface area contributed by atoms with Crippen molar-refractivity contribution in [2.24, 2.45) is 0 Å². The van der Waals surface area contributed by atoms with Gasteiger partial charge in [-0.15, -0.1) is 5.10 Å². The van der Waals surface area contributed by atoms with E-state index >= 15 is 0 Å². The van der Waals surface area contributed by atoms with Crippen LogP contribution < -0.4 is 0 Å². The summed E-state index contributed by atoms with van der Waals surface area (Å²) in [5.74, 6) is 0.968. The molecule has 6 nitrogen and oxygen atoms in total. The van der Waals surface area contributed by atoms with Gasteiger partial charge in [-0.05, 0) is 34.5 Å². The van der Waals surface area contributed by atoms with Gasteiger partial charge in [0.05, 0.1) is 6.54 Å². The first-order valence-corrected chi connectivity index (χ1v) is 8.56. The Bertz CT molecular complexity index is 621. The van der Waals surface area contributed by atoms with E-state index in [1.54, 1.807) is 0 Å². The average Bonchev–Trinajstić information content (AvgIpc) is 2.97. The molecule has 0 unspecified atom stereocenters. The van der Waals surface area contributed by atoms with E-state index in [1.165, 1.54) is 5.56 Å². The van der Waals surface area contributed by atoms with E-state index in [0.717, 1.165) is 63.1 Å². The molecular weight excluding hydrogens is 312 g/mol. The van der Waals surface area contributed by atoms with E-state index in [1.807, 2.05) is 22.9 Å². The number of nitrogens with zero attached hydrogens (tertiary/aromatic N) is 6. The lowest BCUT2D eigenvalue weighted by molar-refractivity contribution is 0.118. The first kappa shape index (κ1) is 16.4. The van der Waals surface area contributed by atoms with Crippen molar-refractivity contribution in [2.75, 3.05) is 26.2 Å². The molecule has 0 spiro atoms. The maximum absolute atomic E-state index is 6.06. The Morgan fingerprint density at radius 1 is 1.09 bits per heavy atom. The molecule has 2 aromatic rings. The molecule has 1 aliphatic heterocycles. The van der Waals surface area contributed by atoms with Crippen molar-refractivity contribution in [3.63, 3.8) is 0 Å². The van der Waals surface area contributed by atoms with Crippen molar-refractivity contribution < 1.29 is 0 Å². The van der Waals surface area contributed by atoms with E-state index in [-0.39, 0.29) is 0 Å². The molecule has 1 fully saturated rings. The van der Waals surface area contributed by atoms with Gasteiger partial charge < -0.3 is 0 Å². The largest absolute Gasteiger partial charge is 0.297 e. The summed E-state index contributed by atoms with van der Waals surface area (Å²) in [6.07, 6.45) is 1.05. The Morgan fingerprint density at radius 3 is 2.52 bits per heavy atom. The second kappa shape index (κ2) is 7.86. The average molecular weight is 335 g/mol. The topological polar surface area (TPSA) is 50.1 Å². The summed E-state index contributed by atoms with van der Waals surface area (Å²) in [7, 11) is 0. The third-order valence-electron chi connectivity index (χ3n) is 4.17. The third kappa shape index (κ3) is 4.50. The molecule has 0 amide bonds. The number of benzene rings is 1. The zero-order valence-electron chi connectivity index (χ0n) is 13.5. The number of piperazine rings is 1. The van der Waals surface area contributed by atoms with Gasteiger partial charge in [-0.3, -0.25) is 9.80 Å². The Morgan fingerprint density at radius 2 is 1.83 bits per heavy atom. The van der Waals surface area contributed by atoms with Crippen LogP contribution in [0, 0.1) is 0 Å². The summed E-state index contributed by atoms with van der Waals surface area (Å²) >= 11 is 6.06. The Hall–Kier alpha value is -1.50. The van der Waals surface area contributed by atoms with Crippen LogP contribution in [0.25, 0.3) is 0 Å². The lowest BCUT2D eigenvalue weighted by atomic mass is 10.2. The number of hydrogen-bond acceptors (Lipinski definition) is 5. The molecule has 1 aromatic carbocycles. The van der Waals surface area contributed by atoms with Crippen molar-refractivity contribution >= 4 is 11.6 Å². The second-order valence-corrected chi connectivity index (χ2v) is 6.44. The van der Waals surface area contributed by atoms with Crippen LogP contribution in [0.4, 0.5) is 0 Å². The fourth-order valence-electron chi connectivity index (χ4n) is 2.92. The van der Waals surface area contributed by atoms with E-state index < -0.39 is 0 Å². The standard InChI is InChI=1S/C16H23ClN6/c1-2-6-23-16(18-19-20-23)13-22-9-7-21(8-10-22)12-14-4-3-5-15(17)11-14/h3-5,11H,2,6-10,12-13H2,1H3. The number of aryl methyl sites for hydroxylation is 1. The molecular formula is C16H23ClN6. The second-order valence-electron chi connectivity index (χ2n) is 6.00. The summed E-state index contributed by atoms with van der Waals surface area (Å²) < 4.78 is 1.92. The number of hydrogen-bond donors (Lipinski definition) is 0. The van der Waals surface area contributed by atoms with Crippen LogP contribution in [-0.2, 0) is 19.6 Å². The predicted octanol–water partition coefficient (Wildman–Crippen LogP) is 2.05. The molecule has 0 radical (unpaired) electrons. The zero-order chi connectivity index (χ0) is 16.1. The van der Waals surface area contributed by atoms with Crippen LogP contribution in [0.15, 0.2) is 24.3 Å². The molecule has 1 aromatic heterocycles. The molecule has 7 heteroatoms. The first-order chi connectivity index (χ1) is 11.2. The molecule has 0 saturated carbocycles. The zero-order valence-corrected chi connectivity index (χ0v) is 14.3. The van der Waals surface area contributed by atoms with E-state index in [0.29, 0.717) is 0 Å². The van der Waals surface area contributed by atoms with Crippen LogP contribution in [0.5, 0.6) is 0 Å². The van der Waals surface area contributed by atoms with Crippen LogP contribution in [-0.4, -0.2) is 56.2 Å². The van der Waals surface area contributed by atoms with Gasteiger partial charge in [0.15, 0.2) is 5.82 Å². The molecule has 124 valence electrons. The van der Waals surface area contributed by atoms with Crippen molar-refractivity contribution in [1.29, 1.82) is 0 Å². The molecule has 1 saturated heterocycles. The summed E-state index contributed by atoms with van der Waals surface area (Å²) in [5, 5.41) is 12.8. The number of rotatable bonds is 6. The van der Waals surface area contributed by atoms with Gasteiger partial charge in [0.25, 0.3) is 0 Å². The van der Waals surface area contributed by atoms with Gasteiger partial charge in [0.2, 0.25) is 0 Å². The summed E-state index contributed by atoms with van der Waals surface area (Å²) in [6.45, 7) is 9.01. The third-order valence-corrected chi connectivity index (χ3v) is 4.40. The van der Waals surface area contributed by atoms with E-state index in [4.69, 9.17) is 11.6 Å². The highest BCUT2D eigenvalue weighted by molar-refractivity contribution is 6.30. The molecule has 1 aliphatic rings. The Kier molecular flexibility index (Phi) is 5.59. The quantitative estimate of drug-likeness (QED) is 0.809. The summed E-state index contributed by atoms with van der Waals surface area (Å²) in [4.78, 5) is 4.89. The van der Waals surface area contributed by atoms with Gasteiger partial charge in [-0.2, -0.15) is 0 Å². The SMILES string of the molecule is CCCn1nnnc1CN1CCN(Cc2cccc(Cl)c2)CC1. The molecule has 0 bridgehead atoms. The molecule has 0 N–H and O–H groups in total. The van der Waals surface area contributed by atoms with E-state index in [9.17, 15) is 0 Å². The van der Waals surface area contributed by atoms with Crippen LogP contribution in [0.2, 0.25) is 5.02 Å². The highest BCUT2D eigenvalue weighted by Crippen LogP contribution is 2.14. The first-order valence-electron chi connectivity index (χ1n) is 8.19. The fourth-order valence-corrected chi connectivity index (χ4v) is 3.13. The van der Waals surface area contributed by atoms with Gasteiger partial charge in [0, 0.05) is 44.3 Å². The van der Waals surface area contributed by atoms with Crippen molar-refractivity contribution in [3.8, 4) is 0 Å². The maximum Gasteiger partial charge on any atom is 0.165 e. The highest BCUT2D eigenvalue weighted by Gasteiger charge is 2.19. The van der Waals surface area contributed by atoms with Gasteiger partial charge in [0.1, 0.15) is 0 Å². The number of aromatic nitrogens is 4. The summed E-state index contributed by atoms with van der Waals surface area (Å²) in [5.41, 5.74) is 1.28. The van der Waals surface area contributed by atoms with Crippen molar-refractivity contribution in [3.05, 3.63) is 40.7 Å². The molecule has 23 heavy (non-hydrogen) atoms. The van der Waals surface area contributed by atoms with E-state index in [2.05, 4.69) is 38.3 Å². The number of tetrazole rings is 1. The van der Waals surface area contributed by atoms with Crippen molar-refractivity contribution in [2.45, 2.75) is 33.0 Å². The van der Waals surface area contributed by atoms with Gasteiger partial charge in [-0.1, -0.05) is 30.7 Å². The Labute approximate surface area is 142 Å². The lowest BCUT2D eigenvalue weighted by Crippen LogP contribution is -2.45. The van der Waals surface area contributed by atoms with Crippen molar-refractivity contribution in [1.82, 2.24) is 30.0 Å². The molecule has 2 heterocycles. The minimum Gasteiger partial charge on any atom is -0.297 e. The van der Waals surface area contributed by atoms with Gasteiger partial charge in [-0.25, -0.2) is 4.68 Å². The number of halogens is 1. The summed E-state index contributed by atoms with van der Waals surface area (Å²) in [6, 6.07) is 8.12. The van der Waals surface area contributed by atoms with Crippen LogP contribution >= 0.6 is 11.6 Å². The minimum absolute atomic E-state index is 0.809. The lowest BCUT2D eigenvalue weighted by Gasteiger charge is -2.34. The molecule has 3 rings (SSSR count). The normalized spacial score (nSPS) is 16.8. The van der Waals surface area contributed by atoms with Gasteiger partial charge >= 0.3 is 0 Å². The molecule has 0 atom stereocenters. The molecule has 0 aliphatic carbocycles. The smallest absolute Gasteiger partial charge is 0.165 e. The predicted molar refractivity (Wildman–Crippen MR) is 90.1 cm³/mol. The highest BCUT2D eigenvalue weighted by atomic mass is 35.5. The monoisotopic (exact) mass is 334 g/mol. The minimum atomic E-state index is 0.809. The fraction of sp³-hybridized carbons (Fsp3) is 0.562. The maximum atomic E-state index is 6.06. The van der Waals surface area contributed by atoms with Crippen LogP contribution in [0.3, 0.4) is 0 Å².